The minimum atomic E-state index is -1.51. The number of carbonyl (C=O) groups excluding carboxylic acids is 2. The number of benzene rings is 6. The molecule has 2 aliphatic heterocycles. The highest BCUT2D eigenvalue weighted by atomic mass is 79.9. The monoisotopic (exact) mass is 844 g/mol. The largest absolute Gasteiger partial charge is 0.365 e. The Morgan fingerprint density at radius 1 is 0.426 bits per heavy atom. The van der Waals surface area contributed by atoms with Crippen molar-refractivity contribution in [2.75, 3.05) is 19.6 Å². The molecule has 6 aromatic carbocycles. The van der Waals surface area contributed by atoms with Gasteiger partial charge in [-0.05, 0) is 86.6 Å². The van der Waals surface area contributed by atoms with E-state index < -0.39 is 23.5 Å². The SMILES string of the molecule is CC1N(c2ccc(Br)cc2)C(=O)N(c2ccc(Br)cc2)C1(O)c1ccccc1.CC1N(c2ccccc2)C(=O)N(c2ccccc2)C1(O)c1ccccc1. The van der Waals surface area contributed by atoms with E-state index in [1.807, 2.05) is 184 Å². The molecule has 0 radical (unpaired) electrons. The van der Waals surface area contributed by atoms with Crippen molar-refractivity contribution >= 4 is 66.7 Å². The van der Waals surface area contributed by atoms with Crippen LogP contribution in [0.2, 0.25) is 0 Å². The van der Waals surface area contributed by atoms with Crippen LogP contribution in [0.3, 0.4) is 0 Å². The van der Waals surface area contributed by atoms with Crippen LogP contribution in [0.5, 0.6) is 0 Å². The maximum Gasteiger partial charge on any atom is 0.332 e. The smallest absolute Gasteiger partial charge is 0.332 e. The van der Waals surface area contributed by atoms with Gasteiger partial charge in [-0.1, -0.05) is 129 Å². The summed E-state index contributed by atoms with van der Waals surface area (Å²) >= 11 is 6.86. The summed E-state index contributed by atoms with van der Waals surface area (Å²) in [5, 5.41) is 23.7. The molecule has 10 heteroatoms. The third-order valence-corrected chi connectivity index (χ3v) is 11.1. The van der Waals surface area contributed by atoms with Gasteiger partial charge in [-0.2, -0.15) is 0 Å². The topological polar surface area (TPSA) is 87.6 Å². The van der Waals surface area contributed by atoms with Crippen LogP contribution in [0, 0.1) is 0 Å². The molecule has 2 heterocycles. The summed E-state index contributed by atoms with van der Waals surface area (Å²) in [4.78, 5) is 33.2. The van der Waals surface area contributed by atoms with Crippen LogP contribution in [-0.2, 0) is 11.4 Å². The Morgan fingerprint density at radius 3 is 1.07 bits per heavy atom. The van der Waals surface area contributed by atoms with E-state index in [-0.39, 0.29) is 12.1 Å². The zero-order chi connectivity index (χ0) is 38.0. The number of halogens is 2. The van der Waals surface area contributed by atoms with Gasteiger partial charge < -0.3 is 10.2 Å². The maximum absolute atomic E-state index is 13.5. The summed E-state index contributed by atoms with van der Waals surface area (Å²) < 4.78 is 1.84. The zero-order valence-electron chi connectivity index (χ0n) is 29.6. The molecule has 0 spiro atoms. The van der Waals surface area contributed by atoms with Crippen molar-refractivity contribution in [3.63, 3.8) is 0 Å². The third-order valence-electron chi connectivity index (χ3n) is 10.1. The quantitative estimate of drug-likeness (QED) is 0.175. The Kier molecular flexibility index (Phi) is 10.5. The second-order valence-corrected chi connectivity index (χ2v) is 15.0. The first kappa shape index (κ1) is 37.1. The van der Waals surface area contributed by atoms with Crippen LogP contribution < -0.4 is 19.6 Å². The van der Waals surface area contributed by atoms with E-state index in [2.05, 4.69) is 31.9 Å². The van der Waals surface area contributed by atoms with E-state index in [4.69, 9.17) is 0 Å². The molecule has 8 nitrogen and oxygen atoms in total. The van der Waals surface area contributed by atoms with E-state index in [0.717, 1.165) is 20.3 Å². The molecule has 2 aliphatic rings. The number of carbonyl (C=O) groups is 2. The molecule has 8 rings (SSSR count). The lowest BCUT2D eigenvalue weighted by Crippen LogP contribution is -2.48. The van der Waals surface area contributed by atoms with Gasteiger partial charge in [0.2, 0.25) is 0 Å². The number of hydrogen-bond acceptors (Lipinski definition) is 4. The molecule has 54 heavy (non-hydrogen) atoms. The minimum absolute atomic E-state index is 0.249. The summed E-state index contributed by atoms with van der Waals surface area (Å²) in [5.74, 6) is 0. The van der Waals surface area contributed by atoms with Crippen molar-refractivity contribution in [3.05, 3.63) is 190 Å². The van der Waals surface area contributed by atoms with Crippen molar-refractivity contribution in [1.82, 2.24) is 0 Å². The molecule has 4 atom stereocenters. The molecule has 2 N–H and O–H groups in total. The predicted octanol–water partition coefficient (Wildman–Crippen LogP) is 10.3. The zero-order valence-corrected chi connectivity index (χ0v) is 32.7. The van der Waals surface area contributed by atoms with Gasteiger partial charge in [-0.15, -0.1) is 0 Å². The second kappa shape index (κ2) is 15.2. The van der Waals surface area contributed by atoms with Gasteiger partial charge in [-0.3, -0.25) is 19.6 Å². The van der Waals surface area contributed by atoms with Crippen molar-refractivity contribution in [1.29, 1.82) is 0 Å². The first-order valence-electron chi connectivity index (χ1n) is 17.5. The van der Waals surface area contributed by atoms with E-state index in [9.17, 15) is 19.8 Å². The van der Waals surface area contributed by atoms with Gasteiger partial charge in [0.1, 0.15) is 0 Å². The first-order valence-corrected chi connectivity index (χ1v) is 19.1. The average Bonchev–Trinajstić information content (AvgIpc) is 3.54. The predicted molar refractivity (Wildman–Crippen MR) is 221 cm³/mol. The highest BCUT2D eigenvalue weighted by Gasteiger charge is 2.58. The number of amides is 4. The van der Waals surface area contributed by atoms with Crippen LogP contribution in [0.25, 0.3) is 0 Å². The van der Waals surface area contributed by atoms with Gasteiger partial charge in [0.15, 0.2) is 11.4 Å². The molecule has 4 unspecified atom stereocenters. The molecule has 0 bridgehead atoms. The van der Waals surface area contributed by atoms with E-state index in [1.54, 1.807) is 9.80 Å². The number of rotatable bonds is 6. The Morgan fingerprint density at radius 2 is 0.704 bits per heavy atom. The molecule has 0 aliphatic carbocycles. The normalized spacial score (nSPS) is 22.3. The summed E-state index contributed by atoms with van der Waals surface area (Å²) in [6, 6.07) is 50.8. The molecular weight excluding hydrogens is 808 g/mol. The first-order chi connectivity index (χ1) is 26.1. The number of para-hydroxylation sites is 2. The van der Waals surface area contributed by atoms with Crippen LogP contribution >= 0.6 is 31.9 Å². The second-order valence-electron chi connectivity index (χ2n) is 13.1. The van der Waals surface area contributed by atoms with Crippen LogP contribution in [-0.4, -0.2) is 34.4 Å². The number of nitrogens with zero attached hydrogens (tertiary/aromatic N) is 4. The summed E-state index contributed by atoms with van der Waals surface area (Å²) in [6.45, 7) is 3.74. The fraction of sp³-hybridized carbons (Fsp3) is 0.136. The average molecular weight is 847 g/mol. The van der Waals surface area contributed by atoms with Gasteiger partial charge in [0, 0.05) is 42.8 Å². The minimum Gasteiger partial charge on any atom is -0.365 e. The van der Waals surface area contributed by atoms with Crippen LogP contribution in [0.15, 0.2) is 179 Å². The number of aliphatic hydroxyl groups is 2. The van der Waals surface area contributed by atoms with Crippen LogP contribution in [0.1, 0.15) is 25.0 Å². The summed E-state index contributed by atoms with van der Waals surface area (Å²) in [6.07, 6.45) is 0. The Hall–Kier alpha value is -5.26. The molecule has 0 saturated carbocycles. The van der Waals surface area contributed by atoms with Crippen molar-refractivity contribution in [2.24, 2.45) is 0 Å². The van der Waals surface area contributed by atoms with Crippen molar-refractivity contribution in [2.45, 2.75) is 37.4 Å². The fourth-order valence-corrected chi connectivity index (χ4v) is 7.85. The van der Waals surface area contributed by atoms with Gasteiger partial charge in [0.25, 0.3) is 0 Å². The molecule has 2 fully saturated rings. The van der Waals surface area contributed by atoms with E-state index in [1.165, 1.54) is 9.80 Å². The molecule has 2 saturated heterocycles. The number of anilines is 4. The Bertz CT molecular complexity index is 2220. The molecule has 0 aromatic heterocycles. The lowest BCUT2D eigenvalue weighted by Gasteiger charge is -2.35. The van der Waals surface area contributed by atoms with E-state index >= 15 is 0 Å². The number of hydrogen-bond donors (Lipinski definition) is 2. The van der Waals surface area contributed by atoms with Crippen LogP contribution in [0.4, 0.5) is 32.3 Å². The highest BCUT2D eigenvalue weighted by molar-refractivity contribution is 9.10. The lowest BCUT2D eigenvalue weighted by molar-refractivity contribution is 0.0369. The van der Waals surface area contributed by atoms with Gasteiger partial charge in [-0.25, -0.2) is 9.59 Å². The third kappa shape index (κ3) is 6.49. The van der Waals surface area contributed by atoms with Crippen molar-refractivity contribution < 1.29 is 19.8 Å². The standard InChI is InChI=1S/C22H18Br2N2O2.C22H20N2O2/c1-15-22(28,16-5-3-2-4-6-16)26(20-13-9-18(24)10-14-20)21(27)25(15)19-11-7-17(23)8-12-19;1-17-22(26,18-11-5-2-6-12-18)24(20-15-9-4-10-16-20)21(25)23(17)19-13-7-3-8-14-19/h2-15,28H,1H3;2-17,26H,1H3. The fourth-order valence-electron chi connectivity index (χ4n) is 7.32. The molecule has 6 aromatic rings. The molecular formula is C44H38Br2N4O4. The summed E-state index contributed by atoms with van der Waals surface area (Å²) in [5.41, 5.74) is 1.14. The lowest BCUT2D eigenvalue weighted by atomic mass is 9.94. The van der Waals surface area contributed by atoms with E-state index in [0.29, 0.717) is 22.5 Å². The highest BCUT2D eigenvalue weighted by Crippen LogP contribution is 2.46. The Balaban J connectivity index is 0.000000167. The molecule has 272 valence electrons. The van der Waals surface area contributed by atoms with Gasteiger partial charge >= 0.3 is 12.1 Å². The van der Waals surface area contributed by atoms with Crippen molar-refractivity contribution in [3.8, 4) is 0 Å². The van der Waals surface area contributed by atoms with Gasteiger partial charge in [0.05, 0.1) is 12.1 Å². The Labute approximate surface area is 331 Å². The summed E-state index contributed by atoms with van der Waals surface area (Å²) in [7, 11) is 0. The molecule has 4 amide bonds. The maximum atomic E-state index is 13.5. The number of urea groups is 2.